The van der Waals surface area contributed by atoms with Crippen molar-refractivity contribution in [1.82, 2.24) is 19.7 Å². The number of aliphatic hydroxyl groups excluding tert-OH is 1. The number of anilines is 2. The molecule has 0 radical (unpaired) electrons. The van der Waals surface area contributed by atoms with Gasteiger partial charge in [-0.25, -0.2) is 9.67 Å². The minimum Gasteiger partial charge on any atom is -0.389 e. The van der Waals surface area contributed by atoms with Gasteiger partial charge in [0.15, 0.2) is 0 Å². The molecule has 0 amide bonds. The summed E-state index contributed by atoms with van der Waals surface area (Å²) in [5.74, 6) is 1.22. The molecule has 0 saturated heterocycles. The lowest BCUT2D eigenvalue weighted by atomic mass is 10.1. The van der Waals surface area contributed by atoms with E-state index >= 15 is 0 Å². The summed E-state index contributed by atoms with van der Waals surface area (Å²) in [6.07, 6.45) is -0.510. The van der Waals surface area contributed by atoms with Crippen LogP contribution in [0.3, 0.4) is 0 Å². The van der Waals surface area contributed by atoms with Crippen LogP contribution in [0.2, 0.25) is 0 Å². The number of nitrogens with zero attached hydrogens (tertiary/aromatic N) is 4. The van der Waals surface area contributed by atoms with Crippen molar-refractivity contribution in [3.8, 4) is 5.95 Å². The fourth-order valence-electron chi connectivity index (χ4n) is 2.57. The first-order valence-corrected chi connectivity index (χ1v) is 7.87. The van der Waals surface area contributed by atoms with E-state index in [9.17, 15) is 5.11 Å². The van der Waals surface area contributed by atoms with E-state index in [2.05, 4.69) is 20.4 Å². The number of hydrogen-bond acceptors (Lipinski definition) is 5. The van der Waals surface area contributed by atoms with E-state index < -0.39 is 6.10 Å². The van der Waals surface area contributed by atoms with Crippen LogP contribution in [-0.4, -0.2) is 24.9 Å². The van der Waals surface area contributed by atoms with Crippen molar-refractivity contribution < 1.29 is 5.11 Å². The van der Waals surface area contributed by atoms with Crippen molar-refractivity contribution in [2.75, 3.05) is 5.32 Å². The van der Waals surface area contributed by atoms with Gasteiger partial charge in [-0.3, -0.25) is 0 Å². The Morgan fingerprint density at radius 1 is 1.04 bits per heavy atom. The molecule has 2 aromatic heterocycles. The quantitative estimate of drug-likeness (QED) is 0.770. The zero-order valence-corrected chi connectivity index (χ0v) is 14.3. The molecular weight excluding hydrogens is 302 g/mol. The van der Waals surface area contributed by atoms with Gasteiger partial charge < -0.3 is 10.4 Å². The Bertz CT molecular complexity index is 870. The first kappa shape index (κ1) is 16.1. The van der Waals surface area contributed by atoms with Gasteiger partial charge in [0.2, 0.25) is 0 Å². The predicted molar refractivity (Wildman–Crippen MR) is 93.7 cm³/mol. The lowest BCUT2D eigenvalue weighted by Crippen LogP contribution is -2.08. The van der Waals surface area contributed by atoms with Gasteiger partial charge in [0.1, 0.15) is 5.82 Å². The van der Waals surface area contributed by atoms with Crippen molar-refractivity contribution in [3.05, 3.63) is 59.0 Å². The second-order valence-corrected chi connectivity index (χ2v) is 5.96. The largest absolute Gasteiger partial charge is 0.389 e. The molecule has 0 bridgehead atoms. The Balaban J connectivity index is 1.95. The maximum Gasteiger partial charge on any atom is 0.252 e. The summed E-state index contributed by atoms with van der Waals surface area (Å²) in [5, 5.41) is 17.4. The fraction of sp³-hybridized carbons (Fsp3) is 0.278. The summed E-state index contributed by atoms with van der Waals surface area (Å²) in [6.45, 7) is 7.59. The monoisotopic (exact) mass is 323 g/mol. The van der Waals surface area contributed by atoms with E-state index in [1.165, 1.54) is 0 Å². The van der Waals surface area contributed by atoms with Crippen LogP contribution < -0.4 is 5.32 Å². The number of aromatic nitrogens is 4. The Hall–Kier alpha value is -2.73. The number of hydrogen-bond donors (Lipinski definition) is 2. The van der Waals surface area contributed by atoms with Gasteiger partial charge in [-0.2, -0.15) is 10.1 Å². The molecule has 3 aromatic rings. The number of aliphatic hydroxyl groups is 1. The molecule has 0 aliphatic carbocycles. The highest BCUT2D eigenvalue weighted by molar-refractivity contribution is 5.58. The van der Waals surface area contributed by atoms with E-state index in [1.54, 1.807) is 11.6 Å². The molecule has 2 N–H and O–H groups in total. The molecule has 6 nitrogen and oxygen atoms in total. The van der Waals surface area contributed by atoms with E-state index in [0.717, 1.165) is 28.3 Å². The number of nitrogens with one attached hydrogen (secondary N) is 1. The summed E-state index contributed by atoms with van der Waals surface area (Å²) in [7, 11) is 0. The van der Waals surface area contributed by atoms with Crippen LogP contribution >= 0.6 is 0 Å². The maximum absolute atomic E-state index is 9.72. The molecule has 0 spiro atoms. The highest BCUT2D eigenvalue weighted by atomic mass is 16.3. The minimum absolute atomic E-state index is 0.510. The Labute approximate surface area is 141 Å². The number of aryl methyl sites for hydroxylation is 3. The molecule has 1 atom stereocenters. The summed E-state index contributed by atoms with van der Waals surface area (Å²) < 4.78 is 1.74. The molecule has 124 valence electrons. The van der Waals surface area contributed by atoms with Crippen LogP contribution in [-0.2, 0) is 0 Å². The van der Waals surface area contributed by atoms with Crippen LogP contribution in [0.5, 0.6) is 0 Å². The molecular formula is C18H21N5O. The molecule has 0 aliphatic rings. The average Bonchev–Trinajstić information content (AvgIpc) is 2.85. The highest BCUT2D eigenvalue weighted by Crippen LogP contribution is 2.21. The van der Waals surface area contributed by atoms with Crippen LogP contribution in [0.1, 0.15) is 35.7 Å². The molecule has 0 fully saturated rings. The second-order valence-electron chi connectivity index (χ2n) is 5.96. The SMILES string of the molecule is Cc1cc(Nc2cccc([C@@H](C)O)c2)nc(-n2nc(C)cc2C)n1. The normalized spacial score (nSPS) is 12.2. The summed E-state index contributed by atoms with van der Waals surface area (Å²) in [6, 6.07) is 11.5. The maximum atomic E-state index is 9.72. The zero-order valence-electron chi connectivity index (χ0n) is 14.3. The van der Waals surface area contributed by atoms with Gasteiger partial charge in [0.25, 0.3) is 5.95 Å². The van der Waals surface area contributed by atoms with Crippen molar-refractivity contribution in [2.24, 2.45) is 0 Å². The van der Waals surface area contributed by atoms with Gasteiger partial charge in [-0.1, -0.05) is 12.1 Å². The molecule has 24 heavy (non-hydrogen) atoms. The summed E-state index contributed by atoms with van der Waals surface area (Å²) in [4.78, 5) is 9.04. The van der Waals surface area contributed by atoms with E-state index in [0.29, 0.717) is 11.8 Å². The Morgan fingerprint density at radius 2 is 1.83 bits per heavy atom. The van der Waals surface area contributed by atoms with Crippen molar-refractivity contribution in [2.45, 2.75) is 33.8 Å². The molecule has 6 heteroatoms. The zero-order chi connectivity index (χ0) is 17.3. The van der Waals surface area contributed by atoms with Crippen LogP contribution in [0, 0.1) is 20.8 Å². The lowest BCUT2D eigenvalue weighted by Gasteiger charge is -2.11. The first-order chi connectivity index (χ1) is 11.4. The predicted octanol–water partition coefficient (Wildman–Crippen LogP) is 3.38. The molecule has 0 aliphatic heterocycles. The topological polar surface area (TPSA) is 75.9 Å². The third-order valence-electron chi connectivity index (χ3n) is 3.68. The van der Waals surface area contributed by atoms with Crippen LogP contribution in [0.25, 0.3) is 5.95 Å². The average molecular weight is 323 g/mol. The third-order valence-corrected chi connectivity index (χ3v) is 3.68. The highest BCUT2D eigenvalue weighted by Gasteiger charge is 2.10. The number of benzene rings is 1. The lowest BCUT2D eigenvalue weighted by molar-refractivity contribution is 0.199. The van der Waals surface area contributed by atoms with Gasteiger partial charge in [0.05, 0.1) is 11.8 Å². The minimum atomic E-state index is -0.510. The molecule has 0 unspecified atom stereocenters. The van der Waals surface area contributed by atoms with Gasteiger partial charge >= 0.3 is 0 Å². The second kappa shape index (κ2) is 6.41. The van der Waals surface area contributed by atoms with E-state index in [-0.39, 0.29) is 0 Å². The van der Waals surface area contributed by atoms with Crippen LogP contribution in [0.4, 0.5) is 11.5 Å². The third kappa shape index (κ3) is 3.44. The smallest absolute Gasteiger partial charge is 0.252 e. The molecule has 1 aromatic carbocycles. The van der Waals surface area contributed by atoms with Crippen molar-refractivity contribution in [1.29, 1.82) is 0 Å². The van der Waals surface area contributed by atoms with Crippen molar-refractivity contribution >= 4 is 11.5 Å². The van der Waals surface area contributed by atoms with Gasteiger partial charge in [-0.15, -0.1) is 0 Å². The molecule has 0 saturated carbocycles. The van der Waals surface area contributed by atoms with Crippen LogP contribution in [0.15, 0.2) is 36.4 Å². The van der Waals surface area contributed by atoms with Crippen molar-refractivity contribution in [3.63, 3.8) is 0 Å². The van der Waals surface area contributed by atoms with Gasteiger partial charge in [0, 0.05) is 23.1 Å². The summed E-state index contributed by atoms with van der Waals surface area (Å²) >= 11 is 0. The summed E-state index contributed by atoms with van der Waals surface area (Å²) in [5.41, 5.74) is 4.48. The Morgan fingerprint density at radius 3 is 2.50 bits per heavy atom. The number of rotatable bonds is 4. The molecule has 3 rings (SSSR count). The Kier molecular flexibility index (Phi) is 4.31. The van der Waals surface area contributed by atoms with Gasteiger partial charge in [-0.05, 0) is 51.5 Å². The standard InChI is InChI=1S/C18H21N5O/c1-11-9-17(20-16-7-5-6-15(10-16)14(4)24)21-18(19-11)23-13(3)8-12(2)22-23/h5-10,14,24H,1-4H3,(H,19,20,21)/t14-/m1/s1. The first-order valence-electron chi connectivity index (χ1n) is 7.87. The molecule has 2 heterocycles. The fourth-order valence-corrected chi connectivity index (χ4v) is 2.57. The van der Waals surface area contributed by atoms with E-state index in [4.69, 9.17) is 0 Å². The van der Waals surface area contributed by atoms with E-state index in [1.807, 2.05) is 57.2 Å².